The van der Waals surface area contributed by atoms with Crippen LogP contribution in [-0.2, 0) is 4.79 Å². The Bertz CT molecular complexity index is 219. The van der Waals surface area contributed by atoms with Gasteiger partial charge in [-0.25, -0.2) is 0 Å². The van der Waals surface area contributed by atoms with Crippen LogP contribution in [0.15, 0.2) is 11.8 Å². The SMILES string of the molecule is C[Si](C)(C)/C=C/C(=O)C1CCCCC1. The van der Waals surface area contributed by atoms with Gasteiger partial charge in [-0.05, 0) is 18.9 Å². The second-order valence-corrected chi connectivity index (χ2v) is 10.5. The van der Waals surface area contributed by atoms with Crippen molar-refractivity contribution in [3.8, 4) is 0 Å². The zero-order chi connectivity index (χ0) is 10.6. The van der Waals surface area contributed by atoms with Gasteiger partial charge in [0.05, 0.1) is 8.07 Å². The molecule has 0 aromatic heterocycles. The Labute approximate surface area is 88.6 Å². The predicted octanol–water partition coefficient (Wildman–Crippen LogP) is 3.57. The highest BCUT2D eigenvalue weighted by Gasteiger charge is 2.19. The topological polar surface area (TPSA) is 17.1 Å². The van der Waals surface area contributed by atoms with Gasteiger partial charge in [-0.3, -0.25) is 4.79 Å². The molecule has 0 aliphatic heterocycles. The zero-order valence-electron chi connectivity index (χ0n) is 9.68. The normalized spacial score (nSPS) is 20.2. The van der Waals surface area contributed by atoms with Gasteiger partial charge in [-0.2, -0.15) is 0 Å². The van der Waals surface area contributed by atoms with Crippen molar-refractivity contribution in [1.82, 2.24) is 0 Å². The number of hydrogen-bond donors (Lipinski definition) is 0. The summed E-state index contributed by atoms with van der Waals surface area (Å²) in [6.45, 7) is 6.78. The molecular formula is C12H22OSi. The molecule has 0 unspecified atom stereocenters. The van der Waals surface area contributed by atoms with Crippen molar-refractivity contribution in [1.29, 1.82) is 0 Å². The Balaban J connectivity index is 2.44. The summed E-state index contributed by atoms with van der Waals surface area (Å²) >= 11 is 0. The molecule has 80 valence electrons. The third-order valence-corrected chi connectivity index (χ3v) is 3.92. The van der Waals surface area contributed by atoms with Crippen LogP contribution < -0.4 is 0 Å². The Hall–Kier alpha value is -0.373. The van der Waals surface area contributed by atoms with Gasteiger partial charge in [0.15, 0.2) is 5.78 Å². The van der Waals surface area contributed by atoms with Gasteiger partial charge in [0.1, 0.15) is 0 Å². The van der Waals surface area contributed by atoms with E-state index < -0.39 is 8.07 Å². The van der Waals surface area contributed by atoms with E-state index in [4.69, 9.17) is 0 Å². The van der Waals surface area contributed by atoms with Crippen LogP contribution in [-0.4, -0.2) is 13.9 Å². The lowest BCUT2D eigenvalue weighted by Crippen LogP contribution is -2.19. The van der Waals surface area contributed by atoms with Crippen molar-refractivity contribution in [2.75, 3.05) is 0 Å². The Morgan fingerprint density at radius 3 is 2.21 bits per heavy atom. The van der Waals surface area contributed by atoms with Crippen LogP contribution in [0, 0.1) is 5.92 Å². The lowest BCUT2D eigenvalue weighted by Gasteiger charge is -2.19. The molecule has 0 atom stereocenters. The molecule has 0 spiro atoms. The highest BCUT2D eigenvalue weighted by Crippen LogP contribution is 2.24. The quantitative estimate of drug-likeness (QED) is 0.514. The van der Waals surface area contributed by atoms with Crippen LogP contribution in [0.3, 0.4) is 0 Å². The average molecular weight is 210 g/mol. The van der Waals surface area contributed by atoms with Gasteiger partial charge in [0.25, 0.3) is 0 Å². The molecule has 1 fully saturated rings. The lowest BCUT2D eigenvalue weighted by atomic mass is 9.86. The molecule has 1 saturated carbocycles. The standard InChI is InChI=1S/C12H22OSi/c1-14(2,3)10-9-12(13)11-7-5-4-6-8-11/h9-11H,4-8H2,1-3H3/b10-9+. The molecule has 0 saturated heterocycles. The minimum atomic E-state index is -1.18. The van der Waals surface area contributed by atoms with Crippen molar-refractivity contribution in [2.45, 2.75) is 51.7 Å². The van der Waals surface area contributed by atoms with Crippen molar-refractivity contribution in [2.24, 2.45) is 5.92 Å². The molecule has 0 N–H and O–H groups in total. The molecule has 14 heavy (non-hydrogen) atoms. The second kappa shape index (κ2) is 4.92. The minimum Gasteiger partial charge on any atom is -0.295 e. The number of ketones is 1. The van der Waals surface area contributed by atoms with Crippen LogP contribution in [0.5, 0.6) is 0 Å². The molecule has 0 aromatic rings. The summed E-state index contributed by atoms with van der Waals surface area (Å²) in [4.78, 5) is 11.8. The molecule has 0 aromatic carbocycles. The summed E-state index contributed by atoms with van der Waals surface area (Å²) in [6, 6.07) is 0. The highest BCUT2D eigenvalue weighted by atomic mass is 28.3. The van der Waals surface area contributed by atoms with Gasteiger partial charge < -0.3 is 0 Å². The van der Waals surface area contributed by atoms with Crippen LogP contribution in [0.1, 0.15) is 32.1 Å². The van der Waals surface area contributed by atoms with Crippen molar-refractivity contribution in [3.63, 3.8) is 0 Å². The first kappa shape index (κ1) is 11.7. The van der Waals surface area contributed by atoms with Gasteiger partial charge in [-0.15, -0.1) is 0 Å². The van der Waals surface area contributed by atoms with E-state index in [2.05, 4.69) is 25.3 Å². The van der Waals surface area contributed by atoms with E-state index in [1.54, 1.807) is 0 Å². The van der Waals surface area contributed by atoms with Crippen molar-refractivity contribution < 1.29 is 4.79 Å². The third kappa shape index (κ3) is 4.23. The molecule has 1 aliphatic carbocycles. The molecule has 0 heterocycles. The van der Waals surface area contributed by atoms with Crippen molar-refractivity contribution in [3.05, 3.63) is 11.8 Å². The van der Waals surface area contributed by atoms with Crippen LogP contribution in [0.4, 0.5) is 0 Å². The summed E-state index contributed by atoms with van der Waals surface area (Å²) in [7, 11) is -1.18. The molecule has 0 radical (unpaired) electrons. The first-order chi connectivity index (χ1) is 6.49. The summed E-state index contributed by atoms with van der Waals surface area (Å²) in [5.74, 6) is 0.725. The van der Waals surface area contributed by atoms with Gasteiger partial charge in [0, 0.05) is 5.92 Å². The Morgan fingerprint density at radius 1 is 1.14 bits per heavy atom. The predicted molar refractivity (Wildman–Crippen MR) is 64.1 cm³/mol. The summed E-state index contributed by atoms with van der Waals surface area (Å²) in [5.41, 5.74) is 2.17. The lowest BCUT2D eigenvalue weighted by molar-refractivity contribution is -0.119. The fourth-order valence-corrected chi connectivity index (χ4v) is 2.52. The monoisotopic (exact) mass is 210 g/mol. The maximum absolute atomic E-state index is 11.8. The first-order valence-corrected chi connectivity index (χ1v) is 9.30. The first-order valence-electron chi connectivity index (χ1n) is 5.72. The van der Waals surface area contributed by atoms with Gasteiger partial charge >= 0.3 is 0 Å². The fourth-order valence-electron chi connectivity index (χ4n) is 1.86. The maximum Gasteiger partial charge on any atom is 0.158 e. The number of rotatable bonds is 3. The van der Waals surface area contributed by atoms with Crippen LogP contribution >= 0.6 is 0 Å². The number of hydrogen-bond acceptors (Lipinski definition) is 1. The fraction of sp³-hybridized carbons (Fsp3) is 0.750. The van der Waals surface area contributed by atoms with Gasteiger partial charge in [-0.1, -0.05) is 44.6 Å². The minimum absolute atomic E-state index is 0.344. The summed E-state index contributed by atoms with van der Waals surface area (Å²) in [5, 5.41) is 0. The van der Waals surface area contributed by atoms with E-state index in [1.807, 2.05) is 6.08 Å². The van der Waals surface area contributed by atoms with E-state index in [9.17, 15) is 4.79 Å². The molecule has 0 amide bonds. The van der Waals surface area contributed by atoms with E-state index >= 15 is 0 Å². The van der Waals surface area contributed by atoms with Gasteiger partial charge in [0.2, 0.25) is 0 Å². The Morgan fingerprint density at radius 2 is 1.71 bits per heavy atom. The molecule has 1 rings (SSSR count). The summed E-state index contributed by atoms with van der Waals surface area (Å²) < 4.78 is 0. The van der Waals surface area contributed by atoms with E-state index in [0.29, 0.717) is 11.7 Å². The summed E-state index contributed by atoms with van der Waals surface area (Å²) in [6.07, 6.45) is 7.92. The van der Waals surface area contributed by atoms with Crippen LogP contribution in [0.2, 0.25) is 19.6 Å². The van der Waals surface area contributed by atoms with E-state index in [0.717, 1.165) is 12.8 Å². The van der Waals surface area contributed by atoms with Crippen molar-refractivity contribution >= 4 is 13.9 Å². The van der Waals surface area contributed by atoms with E-state index in [-0.39, 0.29) is 0 Å². The molecular weight excluding hydrogens is 188 g/mol. The number of allylic oxidation sites excluding steroid dienone is 1. The average Bonchev–Trinajstić information content (AvgIpc) is 2.14. The van der Waals surface area contributed by atoms with E-state index in [1.165, 1.54) is 19.3 Å². The molecule has 2 heteroatoms. The molecule has 1 nitrogen and oxygen atoms in total. The molecule has 0 bridgehead atoms. The Kier molecular flexibility index (Phi) is 4.11. The maximum atomic E-state index is 11.8. The molecule has 1 aliphatic rings. The zero-order valence-corrected chi connectivity index (χ0v) is 10.7. The van der Waals surface area contributed by atoms with Crippen LogP contribution in [0.25, 0.3) is 0 Å². The number of carbonyl (C=O) groups excluding carboxylic acids is 1. The second-order valence-electron chi connectivity index (χ2n) is 5.44. The number of carbonyl (C=O) groups is 1. The largest absolute Gasteiger partial charge is 0.295 e. The highest BCUT2D eigenvalue weighted by molar-refractivity contribution is 6.81. The third-order valence-electron chi connectivity index (χ3n) is 2.76. The smallest absolute Gasteiger partial charge is 0.158 e.